The zero-order valence-electron chi connectivity index (χ0n) is 9.28. The van der Waals surface area contributed by atoms with Crippen LogP contribution in [0.4, 0.5) is 4.39 Å². The van der Waals surface area contributed by atoms with E-state index >= 15 is 0 Å². The molecule has 1 N–H and O–H groups in total. The standard InChI is InChI=1S/C12H16FNO2/c1-14-12(11-8-15-5-6-16-11)9-3-2-4-10(13)7-9/h2-4,7,11-12,14H,5-6,8H2,1H3. The minimum absolute atomic E-state index is 0.0315. The summed E-state index contributed by atoms with van der Waals surface area (Å²) in [5, 5.41) is 3.14. The maximum atomic E-state index is 13.1. The Hall–Kier alpha value is -0.970. The summed E-state index contributed by atoms with van der Waals surface area (Å²) in [5.41, 5.74) is 0.887. The summed E-state index contributed by atoms with van der Waals surface area (Å²) in [6.45, 7) is 1.77. The van der Waals surface area contributed by atoms with Gasteiger partial charge in [-0.05, 0) is 24.7 Å². The Kier molecular flexibility index (Phi) is 3.88. The molecule has 2 atom stereocenters. The normalized spacial score (nSPS) is 23.0. The molecule has 0 aliphatic carbocycles. The van der Waals surface area contributed by atoms with Gasteiger partial charge < -0.3 is 14.8 Å². The fourth-order valence-corrected chi connectivity index (χ4v) is 1.97. The minimum atomic E-state index is -0.227. The van der Waals surface area contributed by atoms with Crippen LogP contribution in [0.2, 0.25) is 0 Å². The van der Waals surface area contributed by atoms with E-state index in [9.17, 15) is 4.39 Å². The van der Waals surface area contributed by atoms with Crippen molar-refractivity contribution in [2.24, 2.45) is 0 Å². The summed E-state index contributed by atoms with van der Waals surface area (Å²) in [6, 6.07) is 6.53. The van der Waals surface area contributed by atoms with Crippen molar-refractivity contribution >= 4 is 0 Å². The molecular weight excluding hydrogens is 209 g/mol. The average Bonchev–Trinajstić information content (AvgIpc) is 2.31. The van der Waals surface area contributed by atoms with Crippen LogP contribution < -0.4 is 5.32 Å². The van der Waals surface area contributed by atoms with Crippen molar-refractivity contribution in [1.82, 2.24) is 5.32 Å². The number of halogens is 1. The quantitative estimate of drug-likeness (QED) is 0.845. The van der Waals surface area contributed by atoms with Crippen molar-refractivity contribution in [3.63, 3.8) is 0 Å². The van der Waals surface area contributed by atoms with E-state index in [4.69, 9.17) is 9.47 Å². The maximum Gasteiger partial charge on any atom is 0.123 e. The van der Waals surface area contributed by atoms with Gasteiger partial charge in [0.1, 0.15) is 11.9 Å². The first-order valence-electron chi connectivity index (χ1n) is 5.43. The third-order valence-electron chi connectivity index (χ3n) is 2.73. The summed E-state index contributed by atoms with van der Waals surface area (Å²) >= 11 is 0. The molecule has 88 valence electrons. The average molecular weight is 225 g/mol. The lowest BCUT2D eigenvalue weighted by Crippen LogP contribution is -2.39. The van der Waals surface area contributed by atoms with Crippen LogP contribution in [0.1, 0.15) is 11.6 Å². The number of benzene rings is 1. The number of nitrogens with one attached hydrogen (secondary N) is 1. The smallest absolute Gasteiger partial charge is 0.123 e. The molecule has 0 radical (unpaired) electrons. The van der Waals surface area contributed by atoms with Gasteiger partial charge in [0, 0.05) is 0 Å². The molecule has 1 aliphatic heterocycles. The van der Waals surface area contributed by atoms with E-state index in [0.29, 0.717) is 19.8 Å². The molecule has 16 heavy (non-hydrogen) atoms. The molecule has 2 unspecified atom stereocenters. The van der Waals surface area contributed by atoms with Crippen molar-refractivity contribution in [1.29, 1.82) is 0 Å². The molecule has 4 heteroatoms. The van der Waals surface area contributed by atoms with Gasteiger partial charge in [-0.25, -0.2) is 4.39 Å². The topological polar surface area (TPSA) is 30.5 Å². The Balaban J connectivity index is 2.14. The van der Waals surface area contributed by atoms with Gasteiger partial charge in [-0.1, -0.05) is 12.1 Å². The van der Waals surface area contributed by atoms with E-state index in [2.05, 4.69) is 5.32 Å². The first-order chi connectivity index (χ1) is 7.81. The van der Waals surface area contributed by atoms with Gasteiger partial charge in [0.2, 0.25) is 0 Å². The molecule has 1 aromatic rings. The number of hydrogen-bond donors (Lipinski definition) is 1. The molecule has 3 nitrogen and oxygen atoms in total. The van der Waals surface area contributed by atoms with Crippen molar-refractivity contribution in [3.05, 3.63) is 35.6 Å². The Morgan fingerprint density at radius 2 is 2.31 bits per heavy atom. The van der Waals surface area contributed by atoms with Crippen LogP contribution in [0.25, 0.3) is 0 Å². The molecule has 0 aromatic heterocycles. The monoisotopic (exact) mass is 225 g/mol. The summed E-state index contributed by atoms with van der Waals surface area (Å²) in [6.07, 6.45) is -0.0550. The van der Waals surface area contributed by atoms with E-state index in [-0.39, 0.29) is 18.0 Å². The molecule has 2 rings (SSSR count). The second-order valence-corrected chi connectivity index (χ2v) is 3.81. The van der Waals surface area contributed by atoms with Crippen LogP contribution in [0.5, 0.6) is 0 Å². The molecular formula is C12H16FNO2. The number of ether oxygens (including phenoxy) is 2. The fourth-order valence-electron chi connectivity index (χ4n) is 1.97. The summed E-state index contributed by atoms with van der Waals surface area (Å²) in [4.78, 5) is 0. The number of rotatable bonds is 3. The third kappa shape index (κ3) is 2.58. The highest BCUT2D eigenvalue weighted by Gasteiger charge is 2.25. The highest BCUT2D eigenvalue weighted by atomic mass is 19.1. The van der Waals surface area contributed by atoms with Gasteiger partial charge in [0.05, 0.1) is 25.9 Å². The van der Waals surface area contributed by atoms with Crippen LogP contribution in [0, 0.1) is 5.82 Å². The summed E-state index contributed by atoms with van der Waals surface area (Å²) < 4.78 is 24.1. The van der Waals surface area contributed by atoms with E-state index < -0.39 is 0 Å². The van der Waals surface area contributed by atoms with Gasteiger partial charge in [0.25, 0.3) is 0 Å². The molecule has 0 amide bonds. The Morgan fingerprint density at radius 3 is 2.94 bits per heavy atom. The third-order valence-corrected chi connectivity index (χ3v) is 2.73. The summed E-state index contributed by atoms with van der Waals surface area (Å²) in [7, 11) is 1.84. The van der Waals surface area contributed by atoms with E-state index in [1.54, 1.807) is 6.07 Å². The van der Waals surface area contributed by atoms with Crippen LogP contribution in [-0.4, -0.2) is 33.0 Å². The molecule has 1 saturated heterocycles. The first kappa shape index (κ1) is 11.5. The van der Waals surface area contributed by atoms with Gasteiger partial charge >= 0.3 is 0 Å². The van der Waals surface area contributed by atoms with E-state index in [0.717, 1.165) is 5.56 Å². The Morgan fingerprint density at radius 1 is 1.44 bits per heavy atom. The van der Waals surface area contributed by atoms with Crippen molar-refractivity contribution in [2.45, 2.75) is 12.1 Å². The van der Waals surface area contributed by atoms with Crippen LogP contribution in [0.15, 0.2) is 24.3 Å². The summed E-state index contributed by atoms with van der Waals surface area (Å²) in [5.74, 6) is -0.227. The van der Waals surface area contributed by atoms with Crippen molar-refractivity contribution in [3.8, 4) is 0 Å². The van der Waals surface area contributed by atoms with Crippen LogP contribution >= 0.6 is 0 Å². The van der Waals surface area contributed by atoms with Gasteiger partial charge in [-0.15, -0.1) is 0 Å². The predicted octanol–water partition coefficient (Wildman–Crippen LogP) is 1.50. The van der Waals surface area contributed by atoms with Crippen molar-refractivity contribution in [2.75, 3.05) is 26.9 Å². The SMILES string of the molecule is CNC(c1cccc(F)c1)C1COCCO1. The zero-order chi connectivity index (χ0) is 11.4. The largest absolute Gasteiger partial charge is 0.376 e. The maximum absolute atomic E-state index is 13.1. The molecule has 0 spiro atoms. The van der Waals surface area contributed by atoms with Crippen LogP contribution in [-0.2, 0) is 9.47 Å². The van der Waals surface area contributed by atoms with Crippen molar-refractivity contribution < 1.29 is 13.9 Å². The Labute approximate surface area is 94.6 Å². The highest BCUT2D eigenvalue weighted by Crippen LogP contribution is 2.21. The van der Waals surface area contributed by atoms with E-state index in [1.165, 1.54) is 12.1 Å². The number of hydrogen-bond acceptors (Lipinski definition) is 3. The lowest BCUT2D eigenvalue weighted by Gasteiger charge is -2.30. The molecule has 1 aromatic carbocycles. The zero-order valence-corrected chi connectivity index (χ0v) is 9.28. The molecule has 1 fully saturated rings. The lowest BCUT2D eigenvalue weighted by atomic mass is 10.0. The number of likely N-dealkylation sites (N-methyl/N-ethyl adjacent to an activating group) is 1. The molecule has 1 aliphatic rings. The van der Waals surface area contributed by atoms with E-state index in [1.807, 2.05) is 13.1 Å². The fraction of sp³-hybridized carbons (Fsp3) is 0.500. The second kappa shape index (κ2) is 5.39. The second-order valence-electron chi connectivity index (χ2n) is 3.81. The van der Waals surface area contributed by atoms with Crippen LogP contribution in [0.3, 0.4) is 0 Å². The molecule has 0 saturated carbocycles. The van der Waals surface area contributed by atoms with Gasteiger partial charge in [-0.3, -0.25) is 0 Å². The highest BCUT2D eigenvalue weighted by molar-refractivity contribution is 5.21. The van der Waals surface area contributed by atoms with Gasteiger partial charge in [0.15, 0.2) is 0 Å². The Bertz CT molecular complexity index is 340. The first-order valence-corrected chi connectivity index (χ1v) is 5.43. The molecule has 0 bridgehead atoms. The minimum Gasteiger partial charge on any atom is -0.376 e. The molecule has 1 heterocycles. The predicted molar refractivity (Wildman–Crippen MR) is 58.8 cm³/mol. The lowest BCUT2D eigenvalue weighted by molar-refractivity contribution is -0.101. The van der Waals surface area contributed by atoms with Gasteiger partial charge in [-0.2, -0.15) is 0 Å².